The van der Waals surface area contributed by atoms with Crippen molar-refractivity contribution >= 4 is 11.0 Å². The van der Waals surface area contributed by atoms with E-state index in [0.717, 1.165) is 49.3 Å². The summed E-state index contributed by atoms with van der Waals surface area (Å²) in [5.74, 6) is 1.91. The van der Waals surface area contributed by atoms with Gasteiger partial charge in [0.2, 0.25) is 0 Å². The van der Waals surface area contributed by atoms with Crippen molar-refractivity contribution in [2.75, 3.05) is 13.1 Å². The molecule has 1 saturated heterocycles. The van der Waals surface area contributed by atoms with Crippen molar-refractivity contribution in [3.8, 4) is 0 Å². The molecule has 2 N–H and O–H groups in total. The minimum atomic E-state index is -0.220. The van der Waals surface area contributed by atoms with E-state index in [1.165, 1.54) is 36.4 Å². The number of aromatic amines is 2. The first kappa shape index (κ1) is 15.1. The van der Waals surface area contributed by atoms with Gasteiger partial charge in [-0.1, -0.05) is 0 Å². The van der Waals surface area contributed by atoms with E-state index in [0.29, 0.717) is 11.8 Å². The fourth-order valence-corrected chi connectivity index (χ4v) is 3.85. The van der Waals surface area contributed by atoms with Crippen molar-refractivity contribution in [2.45, 2.75) is 44.1 Å². The molecule has 1 saturated carbocycles. The maximum Gasteiger partial charge on any atom is 0.125 e. The molecule has 2 aromatic heterocycles. The van der Waals surface area contributed by atoms with Crippen molar-refractivity contribution in [1.82, 2.24) is 25.1 Å². The number of imidazole rings is 1. The van der Waals surface area contributed by atoms with Gasteiger partial charge in [-0.15, -0.1) is 0 Å². The lowest BCUT2D eigenvalue weighted by Gasteiger charge is -2.30. The molecule has 0 radical (unpaired) electrons. The molecule has 25 heavy (non-hydrogen) atoms. The van der Waals surface area contributed by atoms with Crippen LogP contribution in [0.2, 0.25) is 0 Å². The summed E-state index contributed by atoms with van der Waals surface area (Å²) in [5, 5.41) is 7.63. The molecule has 3 aromatic rings. The van der Waals surface area contributed by atoms with Gasteiger partial charge in [-0.3, -0.25) is 10.00 Å². The number of likely N-dealkylation sites (tertiary alicyclic amines) is 1. The number of nitrogens with one attached hydrogen (secondary N) is 2. The molecule has 130 valence electrons. The van der Waals surface area contributed by atoms with Gasteiger partial charge in [0.1, 0.15) is 11.6 Å². The summed E-state index contributed by atoms with van der Waals surface area (Å²) in [6.07, 6.45) is 4.73. The number of rotatable bonds is 4. The predicted octanol–water partition coefficient (Wildman–Crippen LogP) is 3.68. The summed E-state index contributed by atoms with van der Waals surface area (Å²) >= 11 is 0. The Bertz CT molecular complexity index is 886. The highest BCUT2D eigenvalue weighted by Crippen LogP contribution is 2.39. The van der Waals surface area contributed by atoms with Crippen molar-refractivity contribution in [3.05, 3.63) is 47.3 Å². The van der Waals surface area contributed by atoms with Crippen LogP contribution in [0.15, 0.2) is 24.3 Å². The normalized spacial score (nSPS) is 19.7. The van der Waals surface area contributed by atoms with Gasteiger partial charge in [0.05, 0.1) is 16.7 Å². The van der Waals surface area contributed by atoms with Gasteiger partial charge in [0.25, 0.3) is 0 Å². The van der Waals surface area contributed by atoms with Gasteiger partial charge in [0.15, 0.2) is 0 Å². The standard InChI is InChI=1S/C19H22FN5/c20-14-3-4-16-18(9-14)22-19(21-16)13-5-7-25(8-6-13)11-15-10-17(24-23-15)12-1-2-12/h3-4,9-10,12-13H,1-2,5-8,11H2,(H,21,22)(H,23,24). The van der Waals surface area contributed by atoms with Gasteiger partial charge in [-0.25, -0.2) is 9.37 Å². The molecule has 1 aliphatic carbocycles. The van der Waals surface area contributed by atoms with Crippen LogP contribution in [0.25, 0.3) is 11.0 Å². The largest absolute Gasteiger partial charge is 0.342 e. The van der Waals surface area contributed by atoms with E-state index in [-0.39, 0.29) is 5.82 Å². The number of nitrogens with zero attached hydrogens (tertiary/aromatic N) is 3. The highest BCUT2D eigenvalue weighted by Gasteiger charge is 2.27. The molecule has 0 amide bonds. The third kappa shape index (κ3) is 3.06. The molecule has 2 aliphatic rings. The van der Waals surface area contributed by atoms with Crippen molar-refractivity contribution in [1.29, 1.82) is 0 Å². The summed E-state index contributed by atoms with van der Waals surface area (Å²) in [5.41, 5.74) is 4.10. The number of halogens is 1. The second kappa shape index (κ2) is 5.95. The number of hydrogen-bond donors (Lipinski definition) is 2. The summed E-state index contributed by atoms with van der Waals surface area (Å²) in [6, 6.07) is 6.97. The lowest BCUT2D eigenvalue weighted by molar-refractivity contribution is 0.200. The Kier molecular flexibility index (Phi) is 3.59. The molecular formula is C19H22FN5. The van der Waals surface area contributed by atoms with E-state index in [9.17, 15) is 4.39 Å². The fourth-order valence-electron chi connectivity index (χ4n) is 3.85. The molecule has 6 heteroatoms. The average molecular weight is 339 g/mol. The van der Waals surface area contributed by atoms with Crippen LogP contribution in [0.3, 0.4) is 0 Å². The number of H-pyrrole nitrogens is 2. The van der Waals surface area contributed by atoms with Gasteiger partial charge in [0, 0.05) is 24.1 Å². The number of benzene rings is 1. The number of piperidine rings is 1. The van der Waals surface area contributed by atoms with Crippen LogP contribution in [0.1, 0.15) is 54.7 Å². The quantitative estimate of drug-likeness (QED) is 0.762. The molecule has 0 bridgehead atoms. The Hall–Kier alpha value is -2.21. The van der Waals surface area contributed by atoms with E-state index < -0.39 is 0 Å². The van der Waals surface area contributed by atoms with Gasteiger partial charge >= 0.3 is 0 Å². The maximum absolute atomic E-state index is 13.3. The number of fused-ring (bicyclic) bond motifs is 1. The third-order valence-corrected chi connectivity index (χ3v) is 5.48. The van der Waals surface area contributed by atoms with Crippen molar-refractivity contribution < 1.29 is 4.39 Å². The summed E-state index contributed by atoms with van der Waals surface area (Å²) in [7, 11) is 0. The molecular weight excluding hydrogens is 317 g/mol. The predicted molar refractivity (Wildman–Crippen MR) is 93.9 cm³/mol. The third-order valence-electron chi connectivity index (χ3n) is 5.48. The zero-order valence-electron chi connectivity index (χ0n) is 14.1. The number of hydrogen-bond acceptors (Lipinski definition) is 3. The lowest BCUT2D eigenvalue weighted by Crippen LogP contribution is -2.32. The summed E-state index contributed by atoms with van der Waals surface area (Å²) in [4.78, 5) is 10.4. The van der Waals surface area contributed by atoms with Crippen LogP contribution in [0, 0.1) is 5.82 Å². The highest BCUT2D eigenvalue weighted by molar-refractivity contribution is 5.75. The highest BCUT2D eigenvalue weighted by atomic mass is 19.1. The molecule has 1 aromatic carbocycles. The van der Waals surface area contributed by atoms with Crippen LogP contribution in [0.4, 0.5) is 4.39 Å². The zero-order valence-corrected chi connectivity index (χ0v) is 14.1. The van der Waals surface area contributed by atoms with E-state index in [2.05, 4.69) is 31.1 Å². The molecule has 0 unspecified atom stereocenters. The van der Waals surface area contributed by atoms with Gasteiger partial charge in [-0.2, -0.15) is 5.10 Å². The molecule has 5 nitrogen and oxygen atoms in total. The Morgan fingerprint density at radius 1 is 1.08 bits per heavy atom. The van der Waals surface area contributed by atoms with Crippen LogP contribution in [-0.4, -0.2) is 38.2 Å². The van der Waals surface area contributed by atoms with Gasteiger partial charge in [-0.05, 0) is 63.0 Å². The Labute approximate surface area is 145 Å². The van der Waals surface area contributed by atoms with Crippen molar-refractivity contribution in [3.63, 3.8) is 0 Å². The minimum absolute atomic E-state index is 0.220. The summed E-state index contributed by atoms with van der Waals surface area (Å²) in [6.45, 7) is 3.04. The van der Waals surface area contributed by atoms with Crippen LogP contribution in [-0.2, 0) is 6.54 Å². The topological polar surface area (TPSA) is 60.6 Å². The number of aromatic nitrogens is 4. The smallest absolute Gasteiger partial charge is 0.125 e. The summed E-state index contributed by atoms with van der Waals surface area (Å²) < 4.78 is 13.3. The minimum Gasteiger partial charge on any atom is -0.342 e. The first-order valence-corrected chi connectivity index (χ1v) is 9.16. The van der Waals surface area contributed by atoms with E-state index in [4.69, 9.17) is 0 Å². The van der Waals surface area contributed by atoms with Crippen LogP contribution < -0.4 is 0 Å². The molecule has 0 atom stereocenters. The SMILES string of the molecule is Fc1ccc2nc(C3CCN(Cc4cc(C5CC5)n[nH]4)CC3)[nH]c2c1. The second-order valence-corrected chi connectivity index (χ2v) is 7.43. The van der Waals surface area contributed by atoms with E-state index >= 15 is 0 Å². The molecule has 1 aliphatic heterocycles. The zero-order chi connectivity index (χ0) is 16.8. The first-order valence-electron chi connectivity index (χ1n) is 9.16. The fraction of sp³-hybridized carbons (Fsp3) is 0.474. The molecule has 5 rings (SSSR count). The van der Waals surface area contributed by atoms with Crippen molar-refractivity contribution in [2.24, 2.45) is 0 Å². The Balaban J connectivity index is 1.22. The Morgan fingerprint density at radius 2 is 1.92 bits per heavy atom. The Morgan fingerprint density at radius 3 is 2.72 bits per heavy atom. The first-order chi connectivity index (χ1) is 12.2. The van der Waals surface area contributed by atoms with Crippen LogP contribution in [0.5, 0.6) is 0 Å². The average Bonchev–Trinajstić information content (AvgIpc) is 3.22. The van der Waals surface area contributed by atoms with E-state index in [1.54, 1.807) is 6.07 Å². The molecule has 3 heterocycles. The van der Waals surface area contributed by atoms with Gasteiger partial charge < -0.3 is 4.98 Å². The monoisotopic (exact) mass is 339 g/mol. The van der Waals surface area contributed by atoms with E-state index in [1.807, 2.05) is 0 Å². The second-order valence-electron chi connectivity index (χ2n) is 7.43. The molecule has 0 spiro atoms. The molecule has 2 fully saturated rings. The maximum atomic E-state index is 13.3. The lowest BCUT2D eigenvalue weighted by atomic mass is 9.96. The van der Waals surface area contributed by atoms with Crippen LogP contribution >= 0.6 is 0 Å².